The third kappa shape index (κ3) is 52.8. The van der Waals surface area contributed by atoms with E-state index in [9.17, 15) is 14.3 Å². The molecule has 8 nitrogen and oxygen atoms in total. The van der Waals surface area contributed by atoms with Gasteiger partial charge in [0.1, 0.15) is 19.3 Å². The van der Waals surface area contributed by atoms with Crippen LogP contribution >= 0.6 is 7.82 Å². The predicted octanol–water partition coefficient (Wildman–Crippen LogP) is 16.0. The van der Waals surface area contributed by atoms with Crippen molar-refractivity contribution in [1.29, 1.82) is 0 Å². The Hall–Kier alpha value is -2.06. The topological polar surface area (TPSA) is 94.1 Å². The number of unbranched alkanes of at least 4 members (excludes halogenated alkanes) is 23. The van der Waals surface area contributed by atoms with Crippen LogP contribution in [-0.2, 0) is 27.9 Å². The number of allylic oxidation sites excluding steroid dienone is 12. The number of nitrogens with zero attached hydrogens (tertiary/aromatic N) is 1. The molecule has 0 spiro atoms. The Morgan fingerprint density at radius 2 is 0.892 bits per heavy atom. The largest absolute Gasteiger partial charge is 0.756 e. The highest BCUT2D eigenvalue weighted by molar-refractivity contribution is 7.45. The van der Waals surface area contributed by atoms with Crippen molar-refractivity contribution in [1.82, 2.24) is 0 Å². The fourth-order valence-corrected chi connectivity index (χ4v) is 7.93. The fraction of sp³-hybridized carbons (Fsp3) is 0.768. The summed E-state index contributed by atoms with van der Waals surface area (Å²) in [6, 6.07) is 0. The summed E-state index contributed by atoms with van der Waals surface area (Å²) in [5, 5.41) is 0. The monoisotopic (exact) mass is 932 g/mol. The average molecular weight is 932 g/mol. The van der Waals surface area contributed by atoms with E-state index in [1.165, 1.54) is 116 Å². The van der Waals surface area contributed by atoms with Crippen LogP contribution in [0.2, 0.25) is 0 Å². The zero-order valence-electron chi connectivity index (χ0n) is 42.9. The third-order valence-electron chi connectivity index (χ3n) is 11.3. The van der Waals surface area contributed by atoms with Crippen LogP contribution in [0.1, 0.15) is 219 Å². The Morgan fingerprint density at radius 3 is 1.34 bits per heavy atom. The lowest BCUT2D eigenvalue weighted by atomic mass is 10.0. The molecule has 0 aromatic rings. The Labute approximate surface area is 402 Å². The van der Waals surface area contributed by atoms with Crippen LogP contribution < -0.4 is 4.89 Å². The van der Waals surface area contributed by atoms with Gasteiger partial charge in [-0.1, -0.05) is 222 Å². The first-order valence-corrected chi connectivity index (χ1v) is 28.1. The molecule has 9 heteroatoms. The van der Waals surface area contributed by atoms with Crippen molar-refractivity contribution in [3.05, 3.63) is 72.9 Å². The molecule has 0 heterocycles. The van der Waals surface area contributed by atoms with Crippen molar-refractivity contribution < 1.29 is 37.3 Å². The molecule has 0 radical (unpaired) electrons. The first kappa shape index (κ1) is 62.9. The molecule has 0 saturated carbocycles. The summed E-state index contributed by atoms with van der Waals surface area (Å²) < 4.78 is 34.8. The third-order valence-corrected chi connectivity index (χ3v) is 12.2. The molecular formula is C56H102NO7P. The van der Waals surface area contributed by atoms with Crippen LogP contribution in [-0.4, -0.2) is 70.7 Å². The maximum Gasteiger partial charge on any atom is 0.306 e. The molecule has 2 unspecified atom stereocenters. The molecule has 0 aliphatic rings. The van der Waals surface area contributed by atoms with Crippen molar-refractivity contribution in [2.24, 2.45) is 0 Å². The number of hydrogen-bond acceptors (Lipinski definition) is 7. The standard InChI is InChI=1S/C56H102NO7P/c1-6-8-10-12-14-16-18-20-22-24-26-27-28-29-30-32-34-36-38-40-42-44-46-48-51-61-53-55(54-63-65(59,60)62-52-50-57(3,4)5)64-56(58)49-47-45-43-41-39-37-35-33-31-25-23-21-19-17-15-13-11-9-7-2/h8,10,14,16,20,22,26-27,29-30,34,36,55H,6-7,9,11-13,15,17-19,21,23-25,28,31-33,35,37-54H2,1-5H3/b10-8-,16-14-,22-20-,27-26-,30-29-,36-34-. The van der Waals surface area contributed by atoms with Crippen molar-refractivity contribution >= 4 is 13.8 Å². The predicted molar refractivity (Wildman–Crippen MR) is 277 cm³/mol. The molecule has 378 valence electrons. The summed E-state index contributed by atoms with van der Waals surface area (Å²) >= 11 is 0. The van der Waals surface area contributed by atoms with Gasteiger partial charge in [-0.25, -0.2) is 0 Å². The molecule has 0 aromatic heterocycles. The normalized spacial score (nSPS) is 14.1. The van der Waals surface area contributed by atoms with Crippen LogP contribution in [0.4, 0.5) is 0 Å². The van der Waals surface area contributed by atoms with Gasteiger partial charge in [0.15, 0.2) is 0 Å². The molecule has 0 aliphatic heterocycles. The van der Waals surface area contributed by atoms with Gasteiger partial charge in [0.05, 0.1) is 34.4 Å². The molecule has 0 aliphatic carbocycles. The van der Waals surface area contributed by atoms with E-state index in [2.05, 4.69) is 86.8 Å². The Morgan fingerprint density at radius 1 is 0.492 bits per heavy atom. The number of phosphoric acid groups is 1. The summed E-state index contributed by atoms with van der Waals surface area (Å²) in [7, 11) is 1.34. The van der Waals surface area contributed by atoms with E-state index >= 15 is 0 Å². The second-order valence-corrected chi connectivity index (χ2v) is 20.3. The number of ether oxygens (including phenoxy) is 2. The molecule has 0 bridgehead atoms. The van der Waals surface area contributed by atoms with E-state index in [0.717, 1.165) is 83.5 Å². The van der Waals surface area contributed by atoms with Gasteiger partial charge < -0.3 is 27.9 Å². The van der Waals surface area contributed by atoms with Gasteiger partial charge in [-0.05, 0) is 64.2 Å². The summed E-state index contributed by atoms with van der Waals surface area (Å²) in [5.41, 5.74) is 0. The SMILES string of the molecule is CC/C=C\C/C=C\C/C=C\C/C=C\C/C=C\C/C=C\CCCCCCCOCC(COP(=O)([O-])OCC[N+](C)(C)C)OC(=O)CCCCCCCCCCCCCCCCCCCCC. The van der Waals surface area contributed by atoms with E-state index in [4.69, 9.17) is 18.5 Å². The highest BCUT2D eigenvalue weighted by Gasteiger charge is 2.20. The summed E-state index contributed by atoms with van der Waals surface area (Å²) in [6.45, 7) is 5.27. The fourth-order valence-electron chi connectivity index (χ4n) is 7.20. The van der Waals surface area contributed by atoms with Crippen LogP contribution in [0.25, 0.3) is 0 Å². The molecule has 0 aromatic carbocycles. The highest BCUT2D eigenvalue weighted by Crippen LogP contribution is 2.38. The molecule has 0 fully saturated rings. The number of rotatable bonds is 49. The van der Waals surface area contributed by atoms with Gasteiger partial charge in [-0.15, -0.1) is 0 Å². The van der Waals surface area contributed by atoms with Crippen LogP contribution in [0.3, 0.4) is 0 Å². The van der Waals surface area contributed by atoms with E-state index in [1.807, 2.05) is 21.1 Å². The van der Waals surface area contributed by atoms with Gasteiger partial charge in [0, 0.05) is 13.0 Å². The summed E-state index contributed by atoms with van der Waals surface area (Å²) in [6.07, 6.45) is 63.6. The van der Waals surface area contributed by atoms with E-state index < -0.39 is 13.9 Å². The zero-order chi connectivity index (χ0) is 47.6. The number of carbonyl (C=O) groups excluding carboxylic acids is 1. The second kappa shape index (κ2) is 48.4. The first-order valence-electron chi connectivity index (χ1n) is 26.7. The molecule has 65 heavy (non-hydrogen) atoms. The molecule has 0 saturated heterocycles. The van der Waals surface area contributed by atoms with Crippen LogP contribution in [0, 0.1) is 0 Å². The number of hydrogen-bond donors (Lipinski definition) is 0. The van der Waals surface area contributed by atoms with Crippen molar-refractivity contribution in [3.8, 4) is 0 Å². The minimum Gasteiger partial charge on any atom is -0.756 e. The van der Waals surface area contributed by atoms with Gasteiger partial charge in [0.25, 0.3) is 7.82 Å². The summed E-state index contributed by atoms with van der Waals surface area (Å²) in [4.78, 5) is 25.2. The Bertz CT molecular complexity index is 1270. The number of quaternary nitrogens is 1. The minimum absolute atomic E-state index is 0.0199. The van der Waals surface area contributed by atoms with Crippen LogP contribution in [0.15, 0.2) is 72.9 Å². The molecule has 2 atom stereocenters. The molecule has 0 rings (SSSR count). The minimum atomic E-state index is -4.54. The lowest BCUT2D eigenvalue weighted by Gasteiger charge is -2.28. The lowest BCUT2D eigenvalue weighted by Crippen LogP contribution is -2.37. The average Bonchev–Trinajstić information content (AvgIpc) is 3.27. The van der Waals surface area contributed by atoms with Crippen molar-refractivity contribution in [3.63, 3.8) is 0 Å². The van der Waals surface area contributed by atoms with Crippen molar-refractivity contribution in [2.75, 3.05) is 54.1 Å². The number of carbonyl (C=O) groups is 1. The van der Waals surface area contributed by atoms with E-state index in [-0.39, 0.29) is 25.8 Å². The van der Waals surface area contributed by atoms with Crippen molar-refractivity contribution in [2.45, 2.75) is 225 Å². The Balaban J connectivity index is 4.18. The molecule has 0 N–H and O–H groups in total. The number of likely N-dealkylation sites (N-methyl/N-ethyl adjacent to an activating group) is 1. The molecular weight excluding hydrogens is 830 g/mol. The number of esters is 1. The van der Waals surface area contributed by atoms with Gasteiger partial charge >= 0.3 is 5.97 Å². The Kier molecular flexibility index (Phi) is 46.9. The van der Waals surface area contributed by atoms with Crippen LogP contribution in [0.5, 0.6) is 0 Å². The summed E-state index contributed by atoms with van der Waals surface area (Å²) in [5.74, 6) is -0.340. The second-order valence-electron chi connectivity index (χ2n) is 18.9. The maximum absolute atomic E-state index is 12.8. The smallest absolute Gasteiger partial charge is 0.306 e. The van der Waals surface area contributed by atoms with E-state index in [0.29, 0.717) is 24.1 Å². The first-order chi connectivity index (χ1) is 31.6. The number of phosphoric ester groups is 1. The lowest BCUT2D eigenvalue weighted by molar-refractivity contribution is -0.870. The van der Waals surface area contributed by atoms with E-state index in [1.54, 1.807) is 0 Å². The van der Waals surface area contributed by atoms with Gasteiger partial charge in [-0.2, -0.15) is 0 Å². The quantitative estimate of drug-likeness (QED) is 0.0197. The van der Waals surface area contributed by atoms with Gasteiger partial charge in [0.2, 0.25) is 0 Å². The molecule has 0 amide bonds. The maximum atomic E-state index is 12.8. The van der Waals surface area contributed by atoms with Gasteiger partial charge in [-0.3, -0.25) is 9.36 Å². The zero-order valence-corrected chi connectivity index (χ0v) is 43.8. The highest BCUT2D eigenvalue weighted by atomic mass is 31.2.